The van der Waals surface area contributed by atoms with Gasteiger partial charge in [-0.15, -0.1) is 0 Å². The fourth-order valence-electron chi connectivity index (χ4n) is 2.66. The highest BCUT2D eigenvalue weighted by Crippen LogP contribution is 2.37. The minimum absolute atomic E-state index is 0.240. The molecule has 1 atom stereocenters. The van der Waals surface area contributed by atoms with Crippen LogP contribution in [0.1, 0.15) is 17.7 Å². The molecule has 1 aromatic heterocycles. The van der Waals surface area contributed by atoms with Crippen LogP contribution in [0.3, 0.4) is 0 Å². The van der Waals surface area contributed by atoms with Crippen molar-refractivity contribution in [1.82, 2.24) is 4.98 Å². The van der Waals surface area contributed by atoms with Crippen LogP contribution in [0, 0.1) is 0 Å². The fraction of sp³-hybridized carbons (Fsp3) is 0.385. The zero-order valence-electron chi connectivity index (χ0n) is 9.72. The van der Waals surface area contributed by atoms with E-state index in [2.05, 4.69) is 4.98 Å². The Bertz CT molecular complexity index is 576. The molecule has 0 spiro atoms. The van der Waals surface area contributed by atoms with Crippen molar-refractivity contribution in [3.63, 3.8) is 0 Å². The van der Waals surface area contributed by atoms with Crippen molar-refractivity contribution < 1.29 is 4.74 Å². The number of aromatic amines is 1. The third-order valence-electron chi connectivity index (χ3n) is 3.51. The number of ether oxygens (including phenoxy) is 1. The van der Waals surface area contributed by atoms with Gasteiger partial charge in [-0.3, -0.25) is 0 Å². The number of rotatable bonds is 1. The first-order chi connectivity index (χ1) is 8.20. The Morgan fingerprint density at radius 3 is 3.06 bits per heavy atom. The maximum Gasteiger partial charge on any atom is 0.143 e. The van der Waals surface area contributed by atoms with Crippen molar-refractivity contribution in [2.45, 2.75) is 25.3 Å². The lowest BCUT2D eigenvalue weighted by molar-refractivity contribution is 0.419. The maximum absolute atomic E-state index is 6.30. The summed E-state index contributed by atoms with van der Waals surface area (Å²) in [5, 5.41) is 1.85. The van der Waals surface area contributed by atoms with Gasteiger partial charge in [-0.05, 0) is 37.0 Å². The molecule has 3 N–H and O–H groups in total. The van der Waals surface area contributed by atoms with Crippen LogP contribution in [-0.4, -0.2) is 18.1 Å². The van der Waals surface area contributed by atoms with E-state index in [-0.39, 0.29) is 6.04 Å². The highest BCUT2D eigenvalue weighted by Gasteiger charge is 2.22. The van der Waals surface area contributed by atoms with Crippen LogP contribution < -0.4 is 10.5 Å². The zero-order valence-corrected chi connectivity index (χ0v) is 10.5. The van der Waals surface area contributed by atoms with E-state index in [0.29, 0.717) is 0 Å². The van der Waals surface area contributed by atoms with Crippen molar-refractivity contribution in [3.8, 4) is 5.75 Å². The van der Waals surface area contributed by atoms with E-state index < -0.39 is 0 Å². The summed E-state index contributed by atoms with van der Waals surface area (Å²) < 4.78 is 5.37. The first-order valence-electron chi connectivity index (χ1n) is 5.82. The Hall–Kier alpha value is -1.19. The summed E-state index contributed by atoms with van der Waals surface area (Å²) >= 11 is 6.30. The summed E-state index contributed by atoms with van der Waals surface area (Å²) in [5.74, 6) is 0.840. The molecule has 0 aliphatic heterocycles. The lowest BCUT2D eigenvalue weighted by Gasteiger charge is -2.18. The molecule has 1 aliphatic carbocycles. The van der Waals surface area contributed by atoms with Gasteiger partial charge in [-0.2, -0.15) is 0 Å². The van der Waals surface area contributed by atoms with Crippen LogP contribution in [0.25, 0.3) is 10.9 Å². The third kappa shape index (κ3) is 1.61. The van der Waals surface area contributed by atoms with E-state index in [9.17, 15) is 0 Å². The van der Waals surface area contributed by atoms with Crippen molar-refractivity contribution in [3.05, 3.63) is 28.4 Å². The molecule has 1 heterocycles. The highest BCUT2D eigenvalue weighted by molar-refractivity contribution is 6.36. The predicted octanol–water partition coefficient (Wildman–Crippen LogP) is 2.65. The maximum atomic E-state index is 6.30. The quantitative estimate of drug-likeness (QED) is 0.818. The van der Waals surface area contributed by atoms with Crippen LogP contribution in [0.2, 0.25) is 5.02 Å². The van der Waals surface area contributed by atoms with Crippen LogP contribution in [0.15, 0.2) is 12.1 Å². The van der Waals surface area contributed by atoms with Gasteiger partial charge in [0.15, 0.2) is 0 Å². The molecule has 3 nitrogen and oxygen atoms in total. The number of benzene rings is 1. The Morgan fingerprint density at radius 1 is 1.47 bits per heavy atom. The molecule has 0 amide bonds. The highest BCUT2D eigenvalue weighted by atomic mass is 35.5. The standard InChI is InChI=1S/C13H15ClN2O/c1-17-11-5-3-9(14)12-8-6-7(15)2-4-10(8)16-13(11)12/h3,5,7,16H,2,4,6,15H2,1H3. The Balaban J connectivity index is 2.31. The van der Waals surface area contributed by atoms with E-state index >= 15 is 0 Å². The average molecular weight is 251 g/mol. The molecule has 2 aromatic rings. The summed E-state index contributed by atoms with van der Waals surface area (Å²) in [5.41, 5.74) is 9.56. The number of nitrogens with one attached hydrogen (secondary N) is 1. The topological polar surface area (TPSA) is 51.0 Å². The van der Waals surface area contributed by atoms with E-state index in [4.69, 9.17) is 22.1 Å². The number of halogens is 1. The molecule has 0 radical (unpaired) electrons. The van der Waals surface area contributed by atoms with E-state index in [1.807, 2.05) is 12.1 Å². The van der Waals surface area contributed by atoms with Gasteiger partial charge in [0, 0.05) is 17.1 Å². The van der Waals surface area contributed by atoms with E-state index in [1.165, 1.54) is 11.3 Å². The average Bonchev–Trinajstić information content (AvgIpc) is 2.69. The van der Waals surface area contributed by atoms with E-state index in [1.54, 1.807) is 7.11 Å². The van der Waals surface area contributed by atoms with Gasteiger partial charge in [-0.25, -0.2) is 0 Å². The molecular weight excluding hydrogens is 236 g/mol. The molecule has 0 saturated heterocycles. The molecule has 4 heteroatoms. The Labute approximate surface area is 105 Å². The zero-order chi connectivity index (χ0) is 12.0. The summed E-state index contributed by atoms with van der Waals surface area (Å²) in [6, 6.07) is 4.02. The molecule has 1 unspecified atom stereocenters. The molecule has 0 saturated carbocycles. The molecule has 90 valence electrons. The third-order valence-corrected chi connectivity index (χ3v) is 3.82. The fourth-order valence-corrected chi connectivity index (χ4v) is 2.93. The van der Waals surface area contributed by atoms with Crippen molar-refractivity contribution in [1.29, 1.82) is 0 Å². The second-order valence-corrected chi connectivity index (χ2v) is 4.99. The molecule has 0 fully saturated rings. The summed E-state index contributed by atoms with van der Waals surface area (Å²) in [4.78, 5) is 3.43. The van der Waals surface area contributed by atoms with Crippen molar-refractivity contribution in [2.75, 3.05) is 7.11 Å². The number of H-pyrrole nitrogens is 1. The molecule has 0 bridgehead atoms. The lowest BCUT2D eigenvalue weighted by Crippen LogP contribution is -2.27. The van der Waals surface area contributed by atoms with Gasteiger partial charge in [0.25, 0.3) is 0 Å². The summed E-state index contributed by atoms with van der Waals surface area (Å²) in [6.45, 7) is 0. The van der Waals surface area contributed by atoms with Gasteiger partial charge in [-0.1, -0.05) is 11.6 Å². The van der Waals surface area contributed by atoms with Crippen LogP contribution in [0.5, 0.6) is 5.75 Å². The lowest BCUT2D eigenvalue weighted by atomic mass is 9.92. The number of aryl methyl sites for hydroxylation is 1. The first-order valence-corrected chi connectivity index (χ1v) is 6.20. The normalized spacial score (nSPS) is 19.4. The number of nitrogens with two attached hydrogens (primary N) is 1. The second-order valence-electron chi connectivity index (χ2n) is 4.58. The number of methoxy groups -OCH3 is 1. The molecule has 17 heavy (non-hydrogen) atoms. The Morgan fingerprint density at radius 2 is 2.29 bits per heavy atom. The van der Waals surface area contributed by atoms with Crippen molar-refractivity contribution in [2.24, 2.45) is 5.73 Å². The van der Waals surface area contributed by atoms with Crippen LogP contribution >= 0.6 is 11.6 Å². The molecule has 3 rings (SSSR count). The van der Waals surface area contributed by atoms with Gasteiger partial charge < -0.3 is 15.5 Å². The SMILES string of the molecule is COc1ccc(Cl)c2c3c([nH]c12)CCC(N)C3. The van der Waals surface area contributed by atoms with Crippen LogP contribution in [-0.2, 0) is 12.8 Å². The minimum atomic E-state index is 0.240. The van der Waals surface area contributed by atoms with Gasteiger partial charge in [0.1, 0.15) is 5.75 Å². The van der Waals surface area contributed by atoms with E-state index in [0.717, 1.165) is 40.9 Å². The van der Waals surface area contributed by atoms with Gasteiger partial charge in [0.05, 0.1) is 17.6 Å². The Kier molecular flexibility index (Phi) is 2.53. The minimum Gasteiger partial charge on any atom is -0.495 e. The van der Waals surface area contributed by atoms with Gasteiger partial charge in [0.2, 0.25) is 0 Å². The number of hydrogen-bond acceptors (Lipinski definition) is 2. The predicted molar refractivity (Wildman–Crippen MR) is 69.9 cm³/mol. The smallest absolute Gasteiger partial charge is 0.143 e. The number of fused-ring (bicyclic) bond motifs is 3. The number of hydrogen-bond donors (Lipinski definition) is 2. The molecule has 1 aromatic carbocycles. The molecule has 1 aliphatic rings. The monoisotopic (exact) mass is 250 g/mol. The summed E-state index contributed by atoms with van der Waals surface area (Å²) in [7, 11) is 1.67. The second kappa shape index (κ2) is 3.93. The summed E-state index contributed by atoms with van der Waals surface area (Å²) in [6.07, 6.45) is 2.91. The molecular formula is C13H15ClN2O. The first kappa shape index (κ1) is 10.9. The largest absolute Gasteiger partial charge is 0.495 e. The number of aromatic nitrogens is 1. The van der Waals surface area contributed by atoms with Crippen molar-refractivity contribution >= 4 is 22.5 Å². The van der Waals surface area contributed by atoms with Crippen LogP contribution in [0.4, 0.5) is 0 Å². The van der Waals surface area contributed by atoms with Gasteiger partial charge >= 0.3 is 0 Å².